The van der Waals surface area contributed by atoms with Crippen molar-refractivity contribution in [3.05, 3.63) is 29.3 Å². The van der Waals surface area contributed by atoms with E-state index in [1.165, 1.54) is 12.8 Å². The Morgan fingerprint density at radius 2 is 1.88 bits per heavy atom. The third kappa shape index (κ3) is 3.66. The second-order valence-electron chi connectivity index (χ2n) is 7.21. The lowest BCUT2D eigenvalue weighted by atomic mass is 9.94. The summed E-state index contributed by atoms with van der Waals surface area (Å²) >= 11 is 0. The van der Waals surface area contributed by atoms with Gasteiger partial charge >= 0.3 is 0 Å². The minimum absolute atomic E-state index is 0.0595. The molecule has 1 aromatic rings. The summed E-state index contributed by atoms with van der Waals surface area (Å²) in [7, 11) is 0. The van der Waals surface area contributed by atoms with Crippen LogP contribution >= 0.6 is 0 Å². The van der Waals surface area contributed by atoms with Crippen LogP contribution in [-0.2, 0) is 9.59 Å². The van der Waals surface area contributed by atoms with Crippen molar-refractivity contribution >= 4 is 23.1 Å². The summed E-state index contributed by atoms with van der Waals surface area (Å²) in [5.41, 5.74) is 9.34. The number of nitrogens with zero attached hydrogens (tertiary/aromatic N) is 2. The Morgan fingerprint density at radius 3 is 2.56 bits per heavy atom. The summed E-state index contributed by atoms with van der Waals surface area (Å²) in [5, 5.41) is 0. The number of para-hydroxylation sites is 1. The molecule has 0 bridgehead atoms. The van der Waals surface area contributed by atoms with Crippen LogP contribution in [0.4, 0.5) is 5.69 Å². The second kappa shape index (κ2) is 7.48. The van der Waals surface area contributed by atoms with Gasteiger partial charge in [-0.1, -0.05) is 43.9 Å². The van der Waals surface area contributed by atoms with Gasteiger partial charge in [0, 0.05) is 17.2 Å². The first-order valence-corrected chi connectivity index (χ1v) is 9.23. The number of fused-ring (bicyclic) bond motifs is 1. The van der Waals surface area contributed by atoms with Crippen LogP contribution in [0, 0.1) is 12.8 Å². The molecule has 1 atom stereocenters. The van der Waals surface area contributed by atoms with Crippen molar-refractivity contribution in [1.29, 1.82) is 0 Å². The first-order valence-electron chi connectivity index (χ1n) is 9.23. The molecular formula is C20H27N3O2. The van der Waals surface area contributed by atoms with Crippen LogP contribution in [0.5, 0.6) is 0 Å². The number of ketones is 1. The molecule has 1 aromatic carbocycles. The quantitative estimate of drug-likeness (QED) is 0.859. The Morgan fingerprint density at radius 1 is 1.20 bits per heavy atom. The maximum atomic E-state index is 12.9. The lowest BCUT2D eigenvalue weighted by Gasteiger charge is -2.27. The maximum Gasteiger partial charge on any atom is 0.266 e. The molecular weight excluding hydrogens is 314 g/mol. The van der Waals surface area contributed by atoms with E-state index in [0.717, 1.165) is 48.2 Å². The predicted molar refractivity (Wildman–Crippen MR) is 99.9 cm³/mol. The van der Waals surface area contributed by atoms with E-state index in [0.29, 0.717) is 0 Å². The first-order chi connectivity index (χ1) is 12.0. The molecule has 1 fully saturated rings. The number of amides is 1. The van der Waals surface area contributed by atoms with E-state index in [4.69, 9.17) is 5.73 Å². The summed E-state index contributed by atoms with van der Waals surface area (Å²) in [6.07, 6.45) is 5.52. The van der Waals surface area contributed by atoms with E-state index in [-0.39, 0.29) is 24.2 Å². The summed E-state index contributed by atoms with van der Waals surface area (Å²) in [6, 6.07) is 5.84. The monoisotopic (exact) mass is 341 g/mol. The molecule has 2 N–H and O–H groups in total. The van der Waals surface area contributed by atoms with Gasteiger partial charge in [-0.15, -0.1) is 0 Å². The van der Waals surface area contributed by atoms with Gasteiger partial charge in [0.05, 0.1) is 12.2 Å². The number of anilines is 1. The van der Waals surface area contributed by atoms with Crippen molar-refractivity contribution in [3.63, 3.8) is 0 Å². The van der Waals surface area contributed by atoms with Gasteiger partial charge in [-0.25, -0.2) is 0 Å². The highest BCUT2D eigenvalue weighted by molar-refractivity contribution is 6.13. The number of nitrogens with two attached hydrogens (primary N) is 1. The van der Waals surface area contributed by atoms with Crippen LogP contribution < -0.4 is 10.6 Å². The average molecular weight is 341 g/mol. The predicted octanol–water partition coefficient (Wildman–Crippen LogP) is 2.97. The van der Waals surface area contributed by atoms with Crippen LogP contribution in [0.2, 0.25) is 0 Å². The van der Waals surface area contributed by atoms with Gasteiger partial charge in [-0.2, -0.15) is 0 Å². The summed E-state index contributed by atoms with van der Waals surface area (Å²) in [5.74, 6) is -0.0881. The normalized spacial score (nSPS) is 22.0. The largest absolute Gasteiger partial charge is 0.302 e. The molecule has 134 valence electrons. The van der Waals surface area contributed by atoms with Crippen LogP contribution in [0.15, 0.2) is 23.2 Å². The number of rotatable bonds is 3. The van der Waals surface area contributed by atoms with Crippen molar-refractivity contribution < 1.29 is 9.59 Å². The molecule has 1 unspecified atom stereocenters. The number of aliphatic imine (C=N–C) groups is 1. The smallest absolute Gasteiger partial charge is 0.266 e. The van der Waals surface area contributed by atoms with Crippen molar-refractivity contribution in [1.82, 2.24) is 0 Å². The van der Waals surface area contributed by atoms with E-state index in [9.17, 15) is 9.59 Å². The van der Waals surface area contributed by atoms with Gasteiger partial charge in [-0.3, -0.25) is 14.6 Å². The number of carbonyl (C=O) groups is 2. The summed E-state index contributed by atoms with van der Waals surface area (Å²) in [6.45, 7) is 3.92. The van der Waals surface area contributed by atoms with E-state index >= 15 is 0 Å². The van der Waals surface area contributed by atoms with E-state index < -0.39 is 6.17 Å². The van der Waals surface area contributed by atoms with Crippen molar-refractivity contribution in [3.8, 4) is 0 Å². The number of hydrogen-bond donors (Lipinski definition) is 1. The van der Waals surface area contributed by atoms with Crippen LogP contribution in [0.3, 0.4) is 0 Å². The van der Waals surface area contributed by atoms with Gasteiger partial charge < -0.3 is 10.6 Å². The number of benzodiazepines with no additional fused rings is 1. The fourth-order valence-corrected chi connectivity index (χ4v) is 3.96. The highest BCUT2D eigenvalue weighted by atomic mass is 16.2. The van der Waals surface area contributed by atoms with Gasteiger partial charge in [0.25, 0.3) is 5.91 Å². The zero-order valence-corrected chi connectivity index (χ0v) is 15.1. The van der Waals surface area contributed by atoms with Crippen molar-refractivity contribution in [2.75, 3.05) is 11.4 Å². The molecule has 0 saturated heterocycles. The molecule has 0 aromatic heterocycles. The number of benzene rings is 1. The van der Waals surface area contributed by atoms with Crippen molar-refractivity contribution in [2.45, 2.75) is 58.5 Å². The molecule has 0 spiro atoms. The zero-order chi connectivity index (χ0) is 18.0. The molecule has 3 rings (SSSR count). The SMILES string of the molecule is CC1=NC(N)C(=O)N(CC(=O)C2CCCCCC2)c2c(C)cccc21. The molecule has 1 aliphatic heterocycles. The molecule has 2 aliphatic rings. The third-order valence-electron chi connectivity index (χ3n) is 5.37. The minimum atomic E-state index is -0.950. The number of aryl methyl sites for hydroxylation is 1. The van der Waals surface area contributed by atoms with Crippen LogP contribution in [-0.4, -0.2) is 30.1 Å². The maximum absolute atomic E-state index is 12.9. The van der Waals surface area contributed by atoms with Crippen LogP contribution in [0.1, 0.15) is 56.6 Å². The van der Waals surface area contributed by atoms with Crippen molar-refractivity contribution in [2.24, 2.45) is 16.6 Å². The molecule has 1 amide bonds. The second-order valence-corrected chi connectivity index (χ2v) is 7.21. The minimum Gasteiger partial charge on any atom is -0.302 e. The highest BCUT2D eigenvalue weighted by Gasteiger charge is 2.32. The fraction of sp³-hybridized carbons (Fsp3) is 0.550. The Balaban J connectivity index is 1.93. The lowest BCUT2D eigenvalue weighted by Crippen LogP contribution is -2.46. The molecule has 5 heteroatoms. The average Bonchev–Trinajstić information content (AvgIpc) is 2.91. The Kier molecular flexibility index (Phi) is 5.33. The molecule has 25 heavy (non-hydrogen) atoms. The fourth-order valence-electron chi connectivity index (χ4n) is 3.96. The van der Waals surface area contributed by atoms with Crippen LogP contribution in [0.25, 0.3) is 0 Å². The first kappa shape index (κ1) is 17.8. The number of carbonyl (C=O) groups excluding carboxylic acids is 2. The van der Waals surface area contributed by atoms with Gasteiger partial charge in [-0.05, 0) is 32.3 Å². The van der Waals surface area contributed by atoms with Gasteiger partial charge in [0.1, 0.15) is 0 Å². The summed E-state index contributed by atoms with van der Waals surface area (Å²) < 4.78 is 0. The Labute approximate surface area is 149 Å². The van der Waals surface area contributed by atoms with E-state index in [1.54, 1.807) is 4.90 Å². The molecule has 1 heterocycles. The summed E-state index contributed by atoms with van der Waals surface area (Å²) in [4.78, 5) is 31.6. The Bertz CT molecular complexity index is 703. The standard InChI is InChI=1S/C20H27N3O2/c1-13-8-7-11-16-14(2)22-19(21)20(25)23(18(13)16)12-17(24)15-9-5-3-4-6-10-15/h7-8,11,15,19H,3-6,9-10,12,21H2,1-2H3. The number of hydrogen-bond acceptors (Lipinski definition) is 4. The topological polar surface area (TPSA) is 75.8 Å². The molecule has 1 saturated carbocycles. The molecule has 0 radical (unpaired) electrons. The van der Waals surface area contributed by atoms with E-state index in [1.807, 2.05) is 32.0 Å². The number of Topliss-reactive ketones (excluding diaryl/α,β-unsaturated/α-hetero) is 1. The molecule has 1 aliphatic carbocycles. The lowest BCUT2D eigenvalue weighted by molar-refractivity contribution is -0.125. The molecule has 5 nitrogen and oxygen atoms in total. The zero-order valence-electron chi connectivity index (χ0n) is 15.1. The Hall–Kier alpha value is -2.01. The highest BCUT2D eigenvalue weighted by Crippen LogP contribution is 2.30. The van der Waals surface area contributed by atoms with Gasteiger partial charge in [0.2, 0.25) is 0 Å². The van der Waals surface area contributed by atoms with E-state index in [2.05, 4.69) is 4.99 Å². The van der Waals surface area contributed by atoms with Gasteiger partial charge in [0.15, 0.2) is 11.9 Å². The third-order valence-corrected chi connectivity index (χ3v) is 5.37.